The molecule has 1 rings (SSSR count). The van der Waals surface area contributed by atoms with Gasteiger partial charge in [0, 0.05) is 39.1 Å². The van der Waals surface area contributed by atoms with E-state index in [1.165, 1.54) is 12.8 Å². The number of rotatable bonds is 7. The van der Waals surface area contributed by atoms with Gasteiger partial charge >= 0.3 is 0 Å². The van der Waals surface area contributed by atoms with Crippen molar-refractivity contribution in [3.63, 3.8) is 0 Å². The number of nitrogens with one attached hydrogen (secondary N) is 1. The number of aryl methyl sites for hydroxylation is 1. The van der Waals surface area contributed by atoms with Gasteiger partial charge in [-0.3, -0.25) is 0 Å². The smallest absolute Gasteiger partial charge is 0.205 e. The molecule has 0 unspecified atom stereocenters. The fourth-order valence-electron chi connectivity index (χ4n) is 1.52. The molecule has 4 nitrogen and oxygen atoms in total. The van der Waals surface area contributed by atoms with E-state index in [-0.39, 0.29) is 0 Å². The summed E-state index contributed by atoms with van der Waals surface area (Å²) in [4.78, 5) is 6.57. The molecule has 0 aliphatic heterocycles. The molecule has 0 atom stereocenters. The number of hydrogen-bond donors (Lipinski definition) is 1. The summed E-state index contributed by atoms with van der Waals surface area (Å²) in [5.41, 5.74) is 0. The van der Waals surface area contributed by atoms with Crippen LogP contribution in [0.2, 0.25) is 0 Å². The molecule has 86 valence electrons. The van der Waals surface area contributed by atoms with Crippen LogP contribution in [0.5, 0.6) is 0 Å². The Kier molecular flexibility index (Phi) is 5.18. The third-order valence-electron chi connectivity index (χ3n) is 2.48. The number of hydrogen-bond acceptors (Lipinski definition) is 3. The van der Waals surface area contributed by atoms with Gasteiger partial charge in [-0.05, 0) is 13.5 Å². The van der Waals surface area contributed by atoms with Gasteiger partial charge in [-0.2, -0.15) is 0 Å². The number of anilines is 1. The molecule has 0 bridgehead atoms. The zero-order chi connectivity index (χ0) is 11.1. The lowest BCUT2D eigenvalue weighted by atomic mass is 10.3. The predicted octanol–water partition coefficient (Wildman–Crippen LogP) is 1.34. The highest BCUT2D eigenvalue weighted by atomic mass is 15.3. The molecule has 0 saturated heterocycles. The van der Waals surface area contributed by atoms with E-state index >= 15 is 0 Å². The molecule has 0 aromatic carbocycles. The summed E-state index contributed by atoms with van der Waals surface area (Å²) in [5, 5.41) is 3.14. The molecule has 0 radical (unpaired) electrons. The minimum Gasteiger partial charge on any atom is -0.344 e. The summed E-state index contributed by atoms with van der Waals surface area (Å²) in [5.74, 6) is 1.07. The maximum atomic E-state index is 4.38. The van der Waals surface area contributed by atoms with Crippen molar-refractivity contribution in [1.82, 2.24) is 14.9 Å². The quantitative estimate of drug-likeness (QED) is 0.737. The van der Waals surface area contributed by atoms with Gasteiger partial charge in [-0.1, -0.05) is 13.3 Å². The van der Waals surface area contributed by atoms with Crippen molar-refractivity contribution in [3.8, 4) is 0 Å². The molecule has 4 heteroatoms. The van der Waals surface area contributed by atoms with Crippen molar-refractivity contribution in [2.45, 2.75) is 26.3 Å². The molecule has 1 heterocycles. The summed E-state index contributed by atoms with van der Waals surface area (Å²) in [7, 11) is 4.06. The summed E-state index contributed by atoms with van der Waals surface area (Å²) < 4.78 is 2.22. The Morgan fingerprint density at radius 3 is 3.00 bits per heavy atom. The summed E-state index contributed by atoms with van der Waals surface area (Å²) in [6.07, 6.45) is 6.36. The van der Waals surface area contributed by atoms with Crippen LogP contribution in [0.3, 0.4) is 0 Å². The second-order valence-electron chi connectivity index (χ2n) is 3.80. The molecule has 0 amide bonds. The minimum absolute atomic E-state index is 0.983. The van der Waals surface area contributed by atoms with Gasteiger partial charge in [0.15, 0.2) is 0 Å². The van der Waals surface area contributed by atoms with E-state index in [4.69, 9.17) is 0 Å². The van der Waals surface area contributed by atoms with Crippen molar-refractivity contribution in [3.05, 3.63) is 12.4 Å². The number of nitrogens with zero attached hydrogens (tertiary/aromatic N) is 3. The van der Waals surface area contributed by atoms with Crippen molar-refractivity contribution >= 4 is 5.95 Å². The number of imidazole rings is 1. The van der Waals surface area contributed by atoms with Crippen LogP contribution in [0.4, 0.5) is 5.95 Å². The van der Waals surface area contributed by atoms with Crippen LogP contribution in [-0.4, -0.2) is 36.7 Å². The van der Waals surface area contributed by atoms with E-state index in [9.17, 15) is 0 Å². The Hall–Kier alpha value is -1.03. The Morgan fingerprint density at radius 1 is 1.53 bits per heavy atom. The standard InChI is InChI=1S/C11H22N4/c1-4-5-8-15-10-7-13-11(15)14(3)9-6-12-2/h7,10,12H,4-6,8-9H2,1-3H3. The molecule has 1 aromatic rings. The van der Waals surface area contributed by atoms with Crippen molar-refractivity contribution in [2.24, 2.45) is 0 Å². The molecule has 0 spiro atoms. The van der Waals surface area contributed by atoms with Gasteiger partial charge in [0.25, 0.3) is 0 Å². The first-order valence-electron chi connectivity index (χ1n) is 5.66. The van der Waals surface area contributed by atoms with E-state index in [2.05, 4.69) is 39.9 Å². The van der Waals surface area contributed by atoms with Crippen molar-refractivity contribution < 1.29 is 0 Å². The van der Waals surface area contributed by atoms with Crippen LogP contribution in [0.1, 0.15) is 19.8 Å². The second-order valence-corrected chi connectivity index (χ2v) is 3.80. The Morgan fingerprint density at radius 2 is 2.33 bits per heavy atom. The highest BCUT2D eigenvalue weighted by Gasteiger charge is 2.06. The van der Waals surface area contributed by atoms with Crippen LogP contribution in [-0.2, 0) is 6.54 Å². The Balaban J connectivity index is 2.54. The fourth-order valence-corrected chi connectivity index (χ4v) is 1.52. The van der Waals surface area contributed by atoms with E-state index in [1.807, 2.05) is 13.2 Å². The summed E-state index contributed by atoms with van der Waals surface area (Å²) >= 11 is 0. The van der Waals surface area contributed by atoms with Crippen LogP contribution in [0.25, 0.3) is 0 Å². The van der Waals surface area contributed by atoms with Gasteiger partial charge in [0.2, 0.25) is 5.95 Å². The third-order valence-corrected chi connectivity index (χ3v) is 2.48. The topological polar surface area (TPSA) is 33.1 Å². The zero-order valence-electron chi connectivity index (χ0n) is 10.0. The van der Waals surface area contributed by atoms with E-state index in [1.54, 1.807) is 0 Å². The Labute approximate surface area is 92.3 Å². The third kappa shape index (κ3) is 3.55. The Bertz CT molecular complexity index is 269. The number of unbranched alkanes of at least 4 members (excludes halogenated alkanes) is 1. The molecule has 0 fully saturated rings. The first kappa shape index (κ1) is 12.0. The SMILES string of the molecule is CCCCn1ccnc1N(C)CCNC. The van der Waals surface area contributed by atoms with Gasteiger partial charge in [-0.15, -0.1) is 0 Å². The summed E-state index contributed by atoms with van der Waals surface area (Å²) in [6, 6.07) is 0. The van der Waals surface area contributed by atoms with Crippen LogP contribution >= 0.6 is 0 Å². The molecule has 0 saturated carbocycles. The van der Waals surface area contributed by atoms with E-state index in [0.29, 0.717) is 0 Å². The molecular weight excluding hydrogens is 188 g/mol. The van der Waals surface area contributed by atoms with Gasteiger partial charge in [0.05, 0.1) is 0 Å². The van der Waals surface area contributed by atoms with E-state index in [0.717, 1.165) is 25.6 Å². The average molecular weight is 210 g/mol. The first-order chi connectivity index (χ1) is 7.29. The lowest BCUT2D eigenvalue weighted by Gasteiger charge is -2.19. The number of aromatic nitrogens is 2. The minimum atomic E-state index is 0.983. The van der Waals surface area contributed by atoms with Crippen LogP contribution in [0.15, 0.2) is 12.4 Å². The maximum absolute atomic E-state index is 4.38. The molecule has 0 aliphatic rings. The largest absolute Gasteiger partial charge is 0.344 e. The highest BCUT2D eigenvalue weighted by Crippen LogP contribution is 2.10. The number of likely N-dealkylation sites (N-methyl/N-ethyl adjacent to an activating group) is 2. The molecule has 1 aromatic heterocycles. The van der Waals surface area contributed by atoms with Gasteiger partial charge < -0.3 is 14.8 Å². The second kappa shape index (κ2) is 6.45. The van der Waals surface area contributed by atoms with Crippen LogP contribution < -0.4 is 10.2 Å². The maximum Gasteiger partial charge on any atom is 0.205 e. The lowest BCUT2D eigenvalue weighted by molar-refractivity contribution is 0.619. The lowest BCUT2D eigenvalue weighted by Crippen LogP contribution is -2.29. The summed E-state index contributed by atoms with van der Waals surface area (Å²) in [6.45, 7) is 5.24. The van der Waals surface area contributed by atoms with Crippen molar-refractivity contribution in [1.29, 1.82) is 0 Å². The normalized spacial score (nSPS) is 10.6. The molecule has 0 aliphatic carbocycles. The van der Waals surface area contributed by atoms with Crippen molar-refractivity contribution in [2.75, 3.05) is 32.1 Å². The molecular formula is C11H22N4. The average Bonchev–Trinajstić information content (AvgIpc) is 2.71. The van der Waals surface area contributed by atoms with Gasteiger partial charge in [0.1, 0.15) is 0 Å². The highest BCUT2D eigenvalue weighted by molar-refractivity contribution is 5.29. The monoisotopic (exact) mass is 210 g/mol. The fraction of sp³-hybridized carbons (Fsp3) is 0.727. The molecule has 1 N–H and O–H groups in total. The first-order valence-corrected chi connectivity index (χ1v) is 5.66. The predicted molar refractivity (Wildman–Crippen MR) is 64.3 cm³/mol. The van der Waals surface area contributed by atoms with E-state index < -0.39 is 0 Å². The molecule has 15 heavy (non-hydrogen) atoms. The van der Waals surface area contributed by atoms with Crippen LogP contribution in [0, 0.1) is 0 Å². The van der Waals surface area contributed by atoms with Gasteiger partial charge in [-0.25, -0.2) is 4.98 Å². The zero-order valence-corrected chi connectivity index (χ0v) is 10.0.